The van der Waals surface area contributed by atoms with Gasteiger partial charge in [0.15, 0.2) is 0 Å². The highest BCUT2D eigenvalue weighted by Gasteiger charge is 2.20. The number of hydrazine groups is 1. The summed E-state index contributed by atoms with van der Waals surface area (Å²) in [5, 5.41) is 1.21. The normalized spacial score (nSPS) is 12.1. The molecule has 0 bridgehead atoms. The molecule has 0 saturated heterocycles. The first-order valence-electron chi connectivity index (χ1n) is 4.49. The molecule has 0 spiro atoms. The molecule has 0 saturated carbocycles. The summed E-state index contributed by atoms with van der Waals surface area (Å²) in [5.74, 6) is -0.818. The number of hydrogen-bond acceptors (Lipinski definition) is 4. The van der Waals surface area contributed by atoms with E-state index < -0.39 is 20.7 Å². The SMILES string of the molecule is Cc1cc(F)c(S(=O)(=O)NN(C)C)cc1N. The third-order valence-electron chi connectivity index (χ3n) is 1.91. The van der Waals surface area contributed by atoms with Crippen LogP contribution in [-0.4, -0.2) is 27.5 Å². The molecule has 0 atom stereocenters. The summed E-state index contributed by atoms with van der Waals surface area (Å²) in [4.78, 5) is 1.68. The average Bonchev–Trinajstić information content (AvgIpc) is 2.08. The first-order chi connectivity index (χ1) is 7.24. The maximum absolute atomic E-state index is 13.5. The topological polar surface area (TPSA) is 75.4 Å². The quantitative estimate of drug-likeness (QED) is 0.601. The third kappa shape index (κ3) is 2.69. The smallest absolute Gasteiger partial charge is 0.256 e. The molecular weight excluding hydrogens is 233 g/mol. The molecule has 0 aliphatic rings. The first-order valence-corrected chi connectivity index (χ1v) is 5.98. The van der Waals surface area contributed by atoms with Crippen LogP contribution >= 0.6 is 0 Å². The Balaban J connectivity index is 3.29. The predicted molar refractivity (Wildman–Crippen MR) is 59.6 cm³/mol. The minimum absolute atomic E-state index is 0.237. The van der Waals surface area contributed by atoms with Gasteiger partial charge in [-0.1, -0.05) is 0 Å². The number of aryl methyl sites for hydroxylation is 1. The molecule has 1 aromatic carbocycles. The number of nitrogens with one attached hydrogen (secondary N) is 1. The molecule has 0 radical (unpaired) electrons. The number of hydrogen-bond donors (Lipinski definition) is 2. The molecule has 16 heavy (non-hydrogen) atoms. The third-order valence-corrected chi connectivity index (χ3v) is 3.41. The van der Waals surface area contributed by atoms with Crippen LogP contribution in [0.25, 0.3) is 0 Å². The van der Waals surface area contributed by atoms with Gasteiger partial charge < -0.3 is 5.73 Å². The molecule has 1 rings (SSSR count). The number of nitrogens with two attached hydrogens (primary N) is 1. The summed E-state index contributed by atoms with van der Waals surface area (Å²) in [6.07, 6.45) is 0. The van der Waals surface area contributed by atoms with E-state index in [4.69, 9.17) is 5.73 Å². The van der Waals surface area contributed by atoms with Crippen molar-refractivity contribution >= 4 is 15.7 Å². The lowest BCUT2D eigenvalue weighted by Gasteiger charge is -2.13. The summed E-state index contributed by atoms with van der Waals surface area (Å²) in [6, 6.07) is 2.20. The molecule has 0 aliphatic carbocycles. The van der Waals surface area contributed by atoms with Crippen molar-refractivity contribution in [3.8, 4) is 0 Å². The second-order valence-electron chi connectivity index (χ2n) is 3.63. The monoisotopic (exact) mass is 247 g/mol. The number of benzene rings is 1. The Morgan fingerprint density at radius 1 is 1.38 bits per heavy atom. The van der Waals surface area contributed by atoms with Crippen molar-refractivity contribution in [1.29, 1.82) is 0 Å². The Hall–Kier alpha value is -1.18. The molecule has 90 valence electrons. The highest BCUT2D eigenvalue weighted by molar-refractivity contribution is 7.89. The van der Waals surface area contributed by atoms with Crippen molar-refractivity contribution in [3.63, 3.8) is 0 Å². The van der Waals surface area contributed by atoms with Crippen LogP contribution in [0.4, 0.5) is 10.1 Å². The summed E-state index contributed by atoms with van der Waals surface area (Å²) in [5.41, 5.74) is 6.28. The van der Waals surface area contributed by atoms with E-state index in [2.05, 4.69) is 4.83 Å². The van der Waals surface area contributed by atoms with E-state index in [9.17, 15) is 12.8 Å². The van der Waals surface area contributed by atoms with Gasteiger partial charge in [-0.3, -0.25) is 0 Å². The fourth-order valence-corrected chi connectivity index (χ4v) is 2.34. The molecule has 5 nitrogen and oxygen atoms in total. The number of nitrogens with zero attached hydrogens (tertiary/aromatic N) is 1. The average molecular weight is 247 g/mol. The second-order valence-corrected chi connectivity index (χ2v) is 5.26. The maximum Gasteiger partial charge on any atom is 0.256 e. The van der Waals surface area contributed by atoms with Gasteiger partial charge in [0.1, 0.15) is 10.7 Å². The van der Waals surface area contributed by atoms with E-state index in [0.717, 1.165) is 12.1 Å². The predicted octanol–water partition coefficient (Wildman–Crippen LogP) is 0.471. The van der Waals surface area contributed by atoms with Crippen LogP contribution in [0.2, 0.25) is 0 Å². The van der Waals surface area contributed by atoms with E-state index in [1.165, 1.54) is 19.1 Å². The van der Waals surface area contributed by atoms with Gasteiger partial charge in [-0.15, -0.1) is 4.83 Å². The minimum atomic E-state index is -3.91. The molecule has 0 fully saturated rings. The Bertz CT molecular complexity index is 500. The molecule has 0 unspecified atom stereocenters. The fraction of sp³-hybridized carbons (Fsp3) is 0.333. The summed E-state index contributed by atoms with van der Waals surface area (Å²) < 4.78 is 36.8. The Labute approximate surface area is 94.1 Å². The van der Waals surface area contributed by atoms with Crippen molar-refractivity contribution in [1.82, 2.24) is 9.84 Å². The summed E-state index contributed by atoms with van der Waals surface area (Å²) >= 11 is 0. The standard InChI is InChI=1S/C9H14FN3O2S/c1-6-4-7(10)9(5-8(6)11)16(14,15)12-13(2)3/h4-5,12H,11H2,1-3H3. The Morgan fingerprint density at radius 3 is 2.44 bits per heavy atom. The van der Waals surface area contributed by atoms with Crippen LogP contribution in [-0.2, 0) is 10.0 Å². The maximum atomic E-state index is 13.5. The molecule has 0 amide bonds. The van der Waals surface area contributed by atoms with E-state index in [1.807, 2.05) is 0 Å². The zero-order valence-corrected chi connectivity index (χ0v) is 10.1. The minimum Gasteiger partial charge on any atom is -0.398 e. The number of sulfonamides is 1. The van der Waals surface area contributed by atoms with Gasteiger partial charge in [-0.25, -0.2) is 17.8 Å². The molecule has 0 aromatic heterocycles. The van der Waals surface area contributed by atoms with Crippen LogP contribution in [0.15, 0.2) is 17.0 Å². The molecule has 0 aliphatic heterocycles. The van der Waals surface area contributed by atoms with Crippen molar-refractivity contribution in [3.05, 3.63) is 23.5 Å². The highest BCUT2D eigenvalue weighted by Crippen LogP contribution is 2.21. The number of rotatable bonds is 3. The lowest BCUT2D eigenvalue weighted by Crippen LogP contribution is -2.36. The largest absolute Gasteiger partial charge is 0.398 e. The lowest BCUT2D eigenvalue weighted by molar-refractivity contribution is 0.363. The van der Waals surface area contributed by atoms with Crippen molar-refractivity contribution < 1.29 is 12.8 Å². The van der Waals surface area contributed by atoms with E-state index in [-0.39, 0.29) is 5.69 Å². The van der Waals surface area contributed by atoms with Gasteiger partial charge in [0.25, 0.3) is 10.0 Å². The lowest BCUT2D eigenvalue weighted by atomic mass is 10.2. The second kappa shape index (κ2) is 4.36. The van der Waals surface area contributed by atoms with E-state index in [0.29, 0.717) is 5.56 Å². The fourth-order valence-electron chi connectivity index (χ4n) is 1.16. The van der Waals surface area contributed by atoms with Gasteiger partial charge >= 0.3 is 0 Å². The van der Waals surface area contributed by atoms with Gasteiger partial charge in [0, 0.05) is 19.8 Å². The molecule has 1 aromatic rings. The first kappa shape index (κ1) is 12.9. The number of halogens is 1. The van der Waals surface area contributed by atoms with Crippen LogP contribution in [0.5, 0.6) is 0 Å². The van der Waals surface area contributed by atoms with Crippen LogP contribution in [0.1, 0.15) is 5.56 Å². The molecule has 0 heterocycles. The van der Waals surface area contributed by atoms with Gasteiger partial charge in [-0.2, -0.15) is 0 Å². The number of anilines is 1. The van der Waals surface area contributed by atoms with E-state index >= 15 is 0 Å². The Morgan fingerprint density at radius 2 is 1.94 bits per heavy atom. The molecule has 7 heteroatoms. The molecule has 3 N–H and O–H groups in total. The van der Waals surface area contributed by atoms with E-state index in [1.54, 1.807) is 6.92 Å². The van der Waals surface area contributed by atoms with Crippen LogP contribution in [0, 0.1) is 12.7 Å². The number of nitrogen functional groups attached to an aromatic ring is 1. The van der Waals surface area contributed by atoms with Gasteiger partial charge in [0.2, 0.25) is 0 Å². The van der Waals surface area contributed by atoms with Crippen molar-refractivity contribution in [2.24, 2.45) is 0 Å². The van der Waals surface area contributed by atoms with Gasteiger partial charge in [0.05, 0.1) is 0 Å². The van der Waals surface area contributed by atoms with Gasteiger partial charge in [-0.05, 0) is 24.6 Å². The van der Waals surface area contributed by atoms with Crippen molar-refractivity contribution in [2.45, 2.75) is 11.8 Å². The summed E-state index contributed by atoms with van der Waals surface area (Å²) in [7, 11) is -0.922. The summed E-state index contributed by atoms with van der Waals surface area (Å²) in [6.45, 7) is 1.61. The van der Waals surface area contributed by atoms with Crippen LogP contribution < -0.4 is 10.6 Å². The zero-order chi connectivity index (χ0) is 12.5. The van der Waals surface area contributed by atoms with Crippen molar-refractivity contribution in [2.75, 3.05) is 19.8 Å². The Kier molecular flexibility index (Phi) is 3.51. The van der Waals surface area contributed by atoms with Crippen LogP contribution in [0.3, 0.4) is 0 Å². The zero-order valence-electron chi connectivity index (χ0n) is 9.28. The molecular formula is C9H14FN3O2S. The highest BCUT2D eigenvalue weighted by atomic mass is 32.2.